The second-order valence-corrected chi connectivity index (χ2v) is 5.21. The molecule has 0 fully saturated rings. The number of carbonyl (C=O) groups is 2. The smallest absolute Gasteiger partial charge is 0.331 e. The standard InChI is InChI=1S/C19H18FNO4/c1-13-7-9-17(24-2)16(11-13)21-18(22)12-25-19(23)10-8-14-5-3-4-6-15(14)20/h3-11H,12H2,1-2H3,(H,21,22)/b10-8+. The molecule has 2 rings (SSSR count). The Labute approximate surface area is 145 Å². The third-order valence-electron chi connectivity index (χ3n) is 3.28. The van der Waals surface area contributed by atoms with Crippen LogP contribution < -0.4 is 10.1 Å². The quantitative estimate of drug-likeness (QED) is 0.645. The van der Waals surface area contributed by atoms with E-state index in [4.69, 9.17) is 9.47 Å². The van der Waals surface area contributed by atoms with Crippen molar-refractivity contribution in [3.8, 4) is 5.75 Å². The van der Waals surface area contributed by atoms with E-state index in [1.54, 1.807) is 24.3 Å². The molecular weight excluding hydrogens is 325 g/mol. The highest BCUT2D eigenvalue weighted by Crippen LogP contribution is 2.25. The van der Waals surface area contributed by atoms with Gasteiger partial charge in [0.05, 0.1) is 12.8 Å². The van der Waals surface area contributed by atoms with Gasteiger partial charge in [0.2, 0.25) is 0 Å². The van der Waals surface area contributed by atoms with Crippen molar-refractivity contribution in [2.75, 3.05) is 19.0 Å². The summed E-state index contributed by atoms with van der Waals surface area (Å²) in [4.78, 5) is 23.5. The van der Waals surface area contributed by atoms with Crippen molar-refractivity contribution in [2.24, 2.45) is 0 Å². The molecule has 25 heavy (non-hydrogen) atoms. The van der Waals surface area contributed by atoms with E-state index in [1.807, 2.05) is 13.0 Å². The minimum Gasteiger partial charge on any atom is -0.495 e. The highest BCUT2D eigenvalue weighted by Gasteiger charge is 2.10. The summed E-state index contributed by atoms with van der Waals surface area (Å²) < 4.78 is 23.4. The van der Waals surface area contributed by atoms with Crippen LogP contribution in [0.1, 0.15) is 11.1 Å². The number of benzene rings is 2. The molecule has 0 heterocycles. The van der Waals surface area contributed by atoms with Crippen LogP contribution in [0, 0.1) is 12.7 Å². The number of carbonyl (C=O) groups excluding carboxylic acids is 2. The van der Waals surface area contributed by atoms with Crippen molar-refractivity contribution in [2.45, 2.75) is 6.92 Å². The van der Waals surface area contributed by atoms with Crippen LogP contribution in [0.4, 0.5) is 10.1 Å². The average Bonchev–Trinajstić information content (AvgIpc) is 2.59. The zero-order chi connectivity index (χ0) is 18.2. The molecule has 0 radical (unpaired) electrons. The van der Waals surface area contributed by atoms with E-state index in [9.17, 15) is 14.0 Å². The zero-order valence-electron chi connectivity index (χ0n) is 13.9. The van der Waals surface area contributed by atoms with Gasteiger partial charge >= 0.3 is 5.97 Å². The van der Waals surface area contributed by atoms with Gasteiger partial charge in [0.1, 0.15) is 11.6 Å². The van der Waals surface area contributed by atoms with E-state index in [1.165, 1.54) is 25.3 Å². The molecule has 1 amide bonds. The molecule has 5 nitrogen and oxygen atoms in total. The number of hydrogen-bond donors (Lipinski definition) is 1. The molecule has 0 atom stereocenters. The predicted octanol–water partition coefficient (Wildman–Crippen LogP) is 3.34. The minimum absolute atomic E-state index is 0.258. The van der Waals surface area contributed by atoms with Gasteiger partial charge in [-0.05, 0) is 36.8 Å². The number of esters is 1. The van der Waals surface area contributed by atoms with Crippen LogP contribution in [0.5, 0.6) is 5.75 Å². The Morgan fingerprint density at radius 1 is 1.20 bits per heavy atom. The summed E-state index contributed by atoms with van der Waals surface area (Å²) in [7, 11) is 1.49. The Morgan fingerprint density at radius 2 is 1.96 bits per heavy atom. The minimum atomic E-state index is -0.741. The van der Waals surface area contributed by atoms with E-state index in [-0.39, 0.29) is 5.56 Å². The second-order valence-electron chi connectivity index (χ2n) is 5.21. The Hall–Kier alpha value is -3.15. The van der Waals surface area contributed by atoms with Crippen LogP contribution in [0.15, 0.2) is 48.5 Å². The van der Waals surface area contributed by atoms with Crippen molar-refractivity contribution in [1.82, 2.24) is 0 Å². The van der Waals surface area contributed by atoms with Crippen LogP contribution in [0.25, 0.3) is 6.08 Å². The van der Waals surface area contributed by atoms with E-state index >= 15 is 0 Å². The van der Waals surface area contributed by atoms with Gasteiger partial charge in [-0.15, -0.1) is 0 Å². The molecule has 0 aliphatic rings. The highest BCUT2D eigenvalue weighted by molar-refractivity contribution is 5.95. The fourth-order valence-electron chi connectivity index (χ4n) is 2.06. The number of methoxy groups -OCH3 is 1. The molecule has 0 saturated carbocycles. The highest BCUT2D eigenvalue weighted by atomic mass is 19.1. The normalized spacial score (nSPS) is 10.5. The lowest BCUT2D eigenvalue weighted by Gasteiger charge is -2.10. The molecule has 0 aliphatic carbocycles. The van der Waals surface area contributed by atoms with Crippen molar-refractivity contribution < 1.29 is 23.5 Å². The van der Waals surface area contributed by atoms with Crippen LogP contribution in [0.2, 0.25) is 0 Å². The van der Waals surface area contributed by atoms with Crippen molar-refractivity contribution in [3.63, 3.8) is 0 Å². The van der Waals surface area contributed by atoms with E-state index in [0.717, 1.165) is 11.6 Å². The topological polar surface area (TPSA) is 64.6 Å². The number of amides is 1. The summed E-state index contributed by atoms with van der Waals surface area (Å²) in [5.41, 5.74) is 1.69. The first-order valence-corrected chi connectivity index (χ1v) is 7.53. The van der Waals surface area contributed by atoms with Crippen LogP contribution >= 0.6 is 0 Å². The van der Waals surface area contributed by atoms with Crippen LogP contribution in [0.3, 0.4) is 0 Å². The number of aryl methyl sites for hydroxylation is 1. The zero-order valence-corrected chi connectivity index (χ0v) is 13.9. The number of halogens is 1. The first-order valence-electron chi connectivity index (χ1n) is 7.53. The maximum Gasteiger partial charge on any atom is 0.331 e. The average molecular weight is 343 g/mol. The Bertz CT molecular complexity index is 802. The summed E-state index contributed by atoms with van der Waals surface area (Å²) in [5, 5.41) is 2.62. The van der Waals surface area contributed by atoms with Gasteiger partial charge in [0.25, 0.3) is 5.91 Å². The number of nitrogens with one attached hydrogen (secondary N) is 1. The summed E-state index contributed by atoms with van der Waals surface area (Å²) in [6.45, 7) is 1.42. The van der Waals surface area contributed by atoms with Gasteiger partial charge in [-0.25, -0.2) is 9.18 Å². The van der Waals surface area contributed by atoms with E-state index in [0.29, 0.717) is 11.4 Å². The summed E-state index contributed by atoms with van der Waals surface area (Å²) >= 11 is 0. The van der Waals surface area contributed by atoms with Gasteiger partial charge in [-0.2, -0.15) is 0 Å². The van der Waals surface area contributed by atoms with Gasteiger partial charge < -0.3 is 14.8 Å². The fourth-order valence-corrected chi connectivity index (χ4v) is 2.06. The van der Waals surface area contributed by atoms with Gasteiger partial charge in [-0.1, -0.05) is 24.3 Å². The Morgan fingerprint density at radius 3 is 2.68 bits per heavy atom. The first kappa shape index (κ1) is 18.2. The molecular formula is C19H18FNO4. The van der Waals surface area contributed by atoms with Crippen molar-refractivity contribution >= 4 is 23.6 Å². The summed E-state index contributed by atoms with van der Waals surface area (Å²) in [6.07, 6.45) is 2.36. The first-order chi connectivity index (χ1) is 12.0. The Balaban J connectivity index is 1.89. The lowest BCUT2D eigenvalue weighted by atomic mass is 10.2. The van der Waals surface area contributed by atoms with Gasteiger partial charge in [0.15, 0.2) is 6.61 Å². The molecule has 0 aromatic heterocycles. The second kappa shape index (κ2) is 8.63. The van der Waals surface area contributed by atoms with Crippen molar-refractivity contribution in [1.29, 1.82) is 0 Å². The third kappa shape index (κ3) is 5.46. The van der Waals surface area contributed by atoms with Crippen LogP contribution in [-0.2, 0) is 14.3 Å². The molecule has 1 N–H and O–H groups in total. The van der Waals surface area contributed by atoms with E-state index < -0.39 is 24.3 Å². The molecule has 6 heteroatoms. The maximum atomic E-state index is 13.4. The number of ether oxygens (including phenoxy) is 2. The van der Waals surface area contributed by atoms with Gasteiger partial charge in [-0.3, -0.25) is 4.79 Å². The van der Waals surface area contributed by atoms with E-state index in [2.05, 4.69) is 5.32 Å². The van der Waals surface area contributed by atoms with Crippen molar-refractivity contribution in [3.05, 3.63) is 65.5 Å². The molecule has 130 valence electrons. The molecule has 2 aromatic rings. The molecule has 0 unspecified atom stereocenters. The number of anilines is 1. The largest absolute Gasteiger partial charge is 0.495 e. The number of hydrogen-bond acceptors (Lipinski definition) is 4. The molecule has 0 spiro atoms. The molecule has 0 aliphatic heterocycles. The summed E-state index contributed by atoms with van der Waals surface area (Å²) in [5.74, 6) is -1.19. The SMILES string of the molecule is COc1ccc(C)cc1NC(=O)COC(=O)/C=C/c1ccccc1F. The molecule has 2 aromatic carbocycles. The molecule has 0 saturated heterocycles. The molecule has 0 bridgehead atoms. The lowest BCUT2D eigenvalue weighted by molar-refractivity contribution is -0.142. The summed E-state index contributed by atoms with van der Waals surface area (Å²) in [6, 6.07) is 11.3. The fraction of sp³-hybridized carbons (Fsp3) is 0.158. The Kier molecular flexibility index (Phi) is 6.28. The maximum absolute atomic E-state index is 13.4. The van der Waals surface area contributed by atoms with Crippen LogP contribution in [-0.4, -0.2) is 25.6 Å². The number of rotatable bonds is 6. The van der Waals surface area contributed by atoms with Gasteiger partial charge in [0, 0.05) is 11.6 Å². The monoisotopic (exact) mass is 343 g/mol. The third-order valence-corrected chi connectivity index (χ3v) is 3.28. The lowest BCUT2D eigenvalue weighted by Crippen LogP contribution is -2.20. The predicted molar refractivity (Wildman–Crippen MR) is 92.8 cm³/mol.